The summed E-state index contributed by atoms with van der Waals surface area (Å²) in [6.07, 6.45) is 2.75. The summed E-state index contributed by atoms with van der Waals surface area (Å²) in [5, 5.41) is 0. The van der Waals surface area contributed by atoms with Gasteiger partial charge >= 0.3 is 5.97 Å². The third kappa shape index (κ3) is 3.34. The smallest absolute Gasteiger partial charge is 0.323 e. The molecule has 3 nitrogen and oxygen atoms in total. The first-order chi connectivity index (χ1) is 6.83. The molecule has 0 radical (unpaired) electrons. The molecule has 2 atom stereocenters. The third-order valence-electron chi connectivity index (χ3n) is 2.59. The van der Waals surface area contributed by atoms with Crippen LogP contribution >= 0.6 is 0 Å². The van der Waals surface area contributed by atoms with Crippen molar-refractivity contribution in [1.29, 1.82) is 0 Å². The molecule has 0 aromatic heterocycles. The van der Waals surface area contributed by atoms with Gasteiger partial charge in [-0.25, -0.2) is 0 Å². The molecule has 15 heavy (non-hydrogen) atoms. The molecule has 1 fully saturated rings. The Kier molecular flexibility index (Phi) is 3.55. The van der Waals surface area contributed by atoms with E-state index in [2.05, 4.69) is 6.58 Å². The minimum atomic E-state index is -0.399. The summed E-state index contributed by atoms with van der Waals surface area (Å²) in [7, 11) is 1.96. The number of carbonyl (C=O) groups excluding carboxylic acids is 1. The van der Waals surface area contributed by atoms with Crippen molar-refractivity contribution in [2.45, 2.75) is 38.8 Å². The summed E-state index contributed by atoms with van der Waals surface area (Å²) in [6.45, 7) is 10.3. The molecule has 3 heteroatoms. The Morgan fingerprint density at radius 3 is 2.53 bits per heavy atom. The summed E-state index contributed by atoms with van der Waals surface area (Å²) in [5.74, 6) is 0.293. The van der Waals surface area contributed by atoms with Gasteiger partial charge in [0, 0.05) is 6.54 Å². The maximum atomic E-state index is 11.8. The van der Waals surface area contributed by atoms with Crippen molar-refractivity contribution in [2.24, 2.45) is 5.92 Å². The van der Waals surface area contributed by atoms with E-state index in [-0.39, 0.29) is 12.0 Å². The molecule has 1 rings (SSSR count). The van der Waals surface area contributed by atoms with Crippen molar-refractivity contribution in [2.75, 3.05) is 13.6 Å². The quantitative estimate of drug-likeness (QED) is 0.515. The highest BCUT2D eigenvalue weighted by atomic mass is 16.6. The molecule has 0 spiro atoms. The zero-order chi connectivity index (χ0) is 11.6. The van der Waals surface area contributed by atoms with E-state index in [1.54, 1.807) is 0 Å². The minimum absolute atomic E-state index is 0.104. The first-order valence-corrected chi connectivity index (χ1v) is 5.39. The van der Waals surface area contributed by atoms with Crippen LogP contribution in [-0.4, -0.2) is 36.1 Å². The van der Waals surface area contributed by atoms with Gasteiger partial charge in [-0.3, -0.25) is 9.69 Å². The van der Waals surface area contributed by atoms with Gasteiger partial charge < -0.3 is 4.74 Å². The molecule has 0 aromatic rings. The Morgan fingerprint density at radius 1 is 1.53 bits per heavy atom. The van der Waals surface area contributed by atoms with Crippen LogP contribution in [0.2, 0.25) is 0 Å². The summed E-state index contributed by atoms with van der Waals surface area (Å²) in [5.41, 5.74) is -0.399. The second-order valence-electron chi connectivity index (χ2n) is 5.22. The van der Waals surface area contributed by atoms with E-state index in [0.717, 1.165) is 13.0 Å². The molecule has 0 bridgehead atoms. The topological polar surface area (TPSA) is 29.5 Å². The van der Waals surface area contributed by atoms with Gasteiger partial charge in [0.1, 0.15) is 11.6 Å². The number of hydrogen-bond donors (Lipinski definition) is 0. The third-order valence-corrected chi connectivity index (χ3v) is 2.59. The molecular formula is C12H21NO2. The number of rotatable bonds is 2. The Balaban J connectivity index is 2.57. The number of hydrogen-bond acceptors (Lipinski definition) is 3. The van der Waals surface area contributed by atoms with E-state index in [9.17, 15) is 4.79 Å². The number of ether oxygens (including phenoxy) is 1. The maximum absolute atomic E-state index is 11.8. The molecule has 86 valence electrons. The molecule has 1 saturated heterocycles. The fourth-order valence-corrected chi connectivity index (χ4v) is 1.86. The molecule has 0 saturated carbocycles. The second-order valence-corrected chi connectivity index (χ2v) is 5.22. The zero-order valence-corrected chi connectivity index (χ0v) is 10.1. The molecule has 0 N–H and O–H groups in total. The van der Waals surface area contributed by atoms with Crippen molar-refractivity contribution < 1.29 is 9.53 Å². The van der Waals surface area contributed by atoms with Crippen LogP contribution in [0.15, 0.2) is 12.7 Å². The van der Waals surface area contributed by atoms with Crippen molar-refractivity contribution in [3.05, 3.63) is 12.7 Å². The Labute approximate surface area is 92.1 Å². The van der Waals surface area contributed by atoms with Crippen LogP contribution in [0.5, 0.6) is 0 Å². The van der Waals surface area contributed by atoms with E-state index in [0.29, 0.717) is 5.92 Å². The van der Waals surface area contributed by atoms with Crippen LogP contribution < -0.4 is 0 Å². The van der Waals surface area contributed by atoms with Crippen molar-refractivity contribution in [3.63, 3.8) is 0 Å². The number of likely N-dealkylation sites (tertiary alicyclic amines) is 1. The van der Waals surface area contributed by atoms with Crippen LogP contribution in [-0.2, 0) is 9.53 Å². The lowest BCUT2D eigenvalue weighted by atomic mass is 10.1. The van der Waals surface area contributed by atoms with Gasteiger partial charge in [-0.15, -0.1) is 6.58 Å². The largest absolute Gasteiger partial charge is 0.459 e. The Bertz CT molecular complexity index is 255. The zero-order valence-electron chi connectivity index (χ0n) is 10.1. The van der Waals surface area contributed by atoms with E-state index in [4.69, 9.17) is 4.74 Å². The number of nitrogens with zero attached hydrogens (tertiary/aromatic N) is 1. The standard InChI is InChI=1S/C12H21NO2/c1-6-9-7-10(13(5)8-9)11(14)15-12(2,3)4/h6,9-10H,1,7-8H2,2-5H3. The van der Waals surface area contributed by atoms with Crippen LogP contribution in [0.1, 0.15) is 27.2 Å². The summed E-state index contributed by atoms with van der Waals surface area (Å²) in [6, 6.07) is -0.104. The van der Waals surface area contributed by atoms with E-state index in [1.165, 1.54) is 0 Å². The summed E-state index contributed by atoms with van der Waals surface area (Å²) < 4.78 is 5.37. The van der Waals surface area contributed by atoms with E-state index >= 15 is 0 Å². The predicted octanol–water partition coefficient (Wildman–Crippen LogP) is 1.83. The average Bonchev–Trinajstić information content (AvgIpc) is 2.43. The van der Waals surface area contributed by atoms with Crippen LogP contribution in [0.4, 0.5) is 0 Å². The lowest BCUT2D eigenvalue weighted by Crippen LogP contribution is -2.38. The Morgan fingerprint density at radius 2 is 2.13 bits per heavy atom. The van der Waals surface area contributed by atoms with Crippen LogP contribution in [0.3, 0.4) is 0 Å². The summed E-state index contributed by atoms with van der Waals surface area (Å²) >= 11 is 0. The first kappa shape index (κ1) is 12.2. The van der Waals surface area contributed by atoms with Gasteiger partial charge in [-0.1, -0.05) is 6.08 Å². The highest BCUT2D eigenvalue weighted by Gasteiger charge is 2.35. The molecule has 1 aliphatic heterocycles. The fraction of sp³-hybridized carbons (Fsp3) is 0.750. The fourth-order valence-electron chi connectivity index (χ4n) is 1.86. The van der Waals surface area contributed by atoms with Crippen LogP contribution in [0.25, 0.3) is 0 Å². The van der Waals surface area contributed by atoms with Gasteiger partial charge in [0.2, 0.25) is 0 Å². The van der Waals surface area contributed by atoms with Gasteiger partial charge in [0.15, 0.2) is 0 Å². The number of esters is 1. The van der Waals surface area contributed by atoms with E-state index in [1.807, 2.05) is 38.8 Å². The first-order valence-electron chi connectivity index (χ1n) is 5.39. The molecule has 0 aromatic carbocycles. The van der Waals surface area contributed by atoms with Gasteiger partial charge in [-0.05, 0) is 40.2 Å². The summed E-state index contributed by atoms with van der Waals surface area (Å²) in [4.78, 5) is 13.9. The average molecular weight is 211 g/mol. The maximum Gasteiger partial charge on any atom is 0.323 e. The molecule has 1 heterocycles. The van der Waals surface area contributed by atoms with E-state index < -0.39 is 5.60 Å². The normalized spacial score (nSPS) is 27.7. The lowest BCUT2D eigenvalue weighted by molar-refractivity contribution is -0.159. The Hall–Kier alpha value is -0.830. The monoisotopic (exact) mass is 211 g/mol. The highest BCUT2D eigenvalue weighted by Crippen LogP contribution is 2.24. The molecule has 0 amide bonds. The lowest BCUT2D eigenvalue weighted by Gasteiger charge is -2.24. The highest BCUT2D eigenvalue weighted by molar-refractivity contribution is 5.76. The predicted molar refractivity (Wildman–Crippen MR) is 60.6 cm³/mol. The van der Waals surface area contributed by atoms with Crippen LogP contribution in [0, 0.1) is 5.92 Å². The molecule has 0 aliphatic carbocycles. The van der Waals surface area contributed by atoms with Crippen molar-refractivity contribution in [3.8, 4) is 0 Å². The van der Waals surface area contributed by atoms with Gasteiger partial charge in [-0.2, -0.15) is 0 Å². The van der Waals surface area contributed by atoms with Gasteiger partial charge in [0.05, 0.1) is 0 Å². The van der Waals surface area contributed by atoms with Crippen molar-refractivity contribution in [1.82, 2.24) is 4.90 Å². The SMILES string of the molecule is C=CC1CC(C(=O)OC(C)(C)C)N(C)C1. The number of likely N-dealkylation sites (N-methyl/N-ethyl adjacent to an activating group) is 1. The molecule has 2 unspecified atom stereocenters. The minimum Gasteiger partial charge on any atom is -0.459 e. The molecular weight excluding hydrogens is 190 g/mol. The second kappa shape index (κ2) is 4.35. The van der Waals surface area contributed by atoms with Gasteiger partial charge in [0.25, 0.3) is 0 Å². The molecule has 1 aliphatic rings. The number of carbonyl (C=O) groups is 1. The van der Waals surface area contributed by atoms with Crippen molar-refractivity contribution >= 4 is 5.97 Å².